The Kier molecular flexibility index (Phi) is 6.01. The molecule has 0 atom stereocenters. The summed E-state index contributed by atoms with van der Waals surface area (Å²) in [7, 11) is 0. The molecular weight excluding hydrogens is 394 g/mol. The van der Waals surface area contributed by atoms with Crippen LogP contribution in [-0.4, -0.2) is 73.1 Å². The van der Waals surface area contributed by atoms with Crippen LogP contribution in [0.5, 0.6) is 0 Å². The number of anilines is 2. The topological polar surface area (TPSA) is 70.9 Å². The fourth-order valence-electron chi connectivity index (χ4n) is 3.63. The summed E-state index contributed by atoms with van der Waals surface area (Å²) >= 11 is 6.10. The third kappa shape index (κ3) is 4.71. The van der Waals surface area contributed by atoms with Crippen LogP contribution in [0, 0.1) is 0 Å². The number of carbonyl (C=O) groups excluding carboxylic acids is 1. The van der Waals surface area contributed by atoms with Crippen LogP contribution >= 0.6 is 11.6 Å². The van der Waals surface area contributed by atoms with Crippen molar-refractivity contribution >= 4 is 29.0 Å². The summed E-state index contributed by atoms with van der Waals surface area (Å²) in [4.78, 5) is 30.8. The van der Waals surface area contributed by atoms with Crippen molar-refractivity contribution in [1.29, 1.82) is 0 Å². The molecule has 8 nitrogen and oxygen atoms in total. The lowest BCUT2D eigenvalue weighted by molar-refractivity contribution is -0.136. The van der Waals surface area contributed by atoms with Gasteiger partial charge < -0.3 is 19.4 Å². The second kappa shape index (κ2) is 8.84. The van der Waals surface area contributed by atoms with Gasteiger partial charge in [0.15, 0.2) is 0 Å². The lowest BCUT2D eigenvalue weighted by Gasteiger charge is -2.36. The standard InChI is InChI=1S/C20H24ClN5O3/c21-16-2-1-3-17(14-16)23-6-8-24(9-7-23)18-4-5-19(27)26(22-18)15-20(28)25-10-12-29-13-11-25/h1-5,14H,6-13,15H2. The normalized spacial score (nSPS) is 17.5. The molecule has 29 heavy (non-hydrogen) atoms. The Morgan fingerprint density at radius 2 is 1.72 bits per heavy atom. The van der Waals surface area contributed by atoms with E-state index in [0.717, 1.165) is 36.9 Å². The molecule has 0 unspecified atom stereocenters. The van der Waals surface area contributed by atoms with E-state index < -0.39 is 0 Å². The van der Waals surface area contributed by atoms with Crippen LogP contribution in [0.25, 0.3) is 0 Å². The van der Waals surface area contributed by atoms with E-state index in [1.165, 1.54) is 10.7 Å². The van der Waals surface area contributed by atoms with Gasteiger partial charge in [0.25, 0.3) is 5.56 Å². The number of hydrogen-bond donors (Lipinski definition) is 0. The van der Waals surface area contributed by atoms with Crippen molar-refractivity contribution < 1.29 is 9.53 Å². The van der Waals surface area contributed by atoms with Crippen molar-refractivity contribution in [1.82, 2.24) is 14.7 Å². The van der Waals surface area contributed by atoms with Gasteiger partial charge in [0.05, 0.1) is 13.2 Å². The number of benzene rings is 1. The second-order valence-corrected chi connectivity index (χ2v) is 7.57. The Morgan fingerprint density at radius 1 is 1.00 bits per heavy atom. The molecule has 0 radical (unpaired) electrons. The molecule has 1 amide bonds. The maximum atomic E-state index is 12.5. The Labute approximate surface area is 174 Å². The minimum absolute atomic E-state index is 0.0465. The van der Waals surface area contributed by atoms with Crippen molar-refractivity contribution in [2.45, 2.75) is 6.54 Å². The summed E-state index contributed by atoms with van der Waals surface area (Å²) in [5.41, 5.74) is 0.833. The van der Waals surface area contributed by atoms with Gasteiger partial charge in [-0.2, -0.15) is 5.10 Å². The number of nitrogens with zero attached hydrogens (tertiary/aromatic N) is 5. The monoisotopic (exact) mass is 417 g/mol. The van der Waals surface area contributed by atoms with Crippen LogP contribution < -0.4 is 15.4 Å². The van der Waals surface area contributed by atoms with Crippen molar-refractivity contribution in [2.24, 2.45) is 0 Å². The fourth-order valence-corrected chi connectivity index (χ4v) is 3.81. The molecule has 0 N–H and O–H groups in total. The Hall–Kier alpha value is -2.58. The molecule has 2 aliphatic rings. The first-order chi connectivity index (χ1) is 14.1. The zero-order chi connectivity index (χ0) is 20.2. The number of piperazine rings is 1. The van der Waals surface area contributed by atoms with Gasteiger partial charge in [-0.1, -0.05) is 17.7 Å². The van der Waals surface area contributed by atoms with Crippen LogP contribution in [0.1, 0.15) is 0 Å². The molecule has 2 aliphatic heterocycles. The molecule has 154 valence electrons. The van der Waals surface area contributed by atoms with E-state index in [2.05, 4.69) is 21.0 Å². The van der Waals surface area contributed by atoms with E-state index in [0.29, 0.717) is 32.1 Å². The van der Waals surface area contributed by atoms with Gasteiger partial charge >= 0.3 is 0 Å². The van der Waals surface area contributed by atoms with E-state index in [-0.39, 0.29) is 18.0 Å². The zero-order valence-electron chi connectivity index (χ0n) is 16.2. The highest BCUT2D eigenvalue weighted by Gasteiger charge is 2.21. The third-order valence-electron chi connectivity index (χ3n) is 5.28. The van der Waals surface area contributed by atoms with Gasteiger partial charge in [0.2, 0.25) is 5.91 Å². The molecule has 0 aliphatic carbocycles. The van der Waals surface area contributed by atoms with Crippen molar-refractivity contribution in [3.05, 3.63) is 51.8 Å². The van der Waals surface area contributed by atoms with Gasteiger partial charge in [0.1, 0.15) is 12.4 Å². The Bertz CT molecular complexity index is 920. The van der Waals surface area contributed by atoms with Gasteiger partial charge in [-0.3, -0.25) is 9.59 Å². The van der Waals surface area contributed by atoms with Crippen LogP contribution in [0.2, 0.25) is 5.02 Å². The summed E-state index contributed by atoms with van der Waals surface area (Å²) in [5, 5.41) is 5.18. The number of aromatic nitrogens is 2. The Balaban J connectivity index is 1.41. The van der Waals surface area contributed by atoms with Gasteiger partial charge in [-0.25, -0.2) is 4.68 Å². The number of hydrogen-bond acceptors (Lipinski definition) is 6. The molecule has 4 rings (SSSR count). The minimum Gasteiger partial charge on any atom is -0.378 e. The van der Waals surface area contributed by atoms with Crippen LogP contribution in [-0.2, 0) is 16.1 Å². The molecule has 9 heteroatoms. The first kappa shape index (κ1) is 19.7. The summed E-state index contributed by atoms with van der Waals surface area (Å²) in [6, 6.07) is 11.1. The molecule has 3 heterocycles. The van der Waals surface area contributed by atoms with Crippen LogP contribution in [0.15, 0.2) is 41.2 Å². The fraction of sp³-hybridized carbons (Fsp3) is 0.450. The third-order valence-corrected chi connectivity index (χ3v) is 5.51. The molecule has 0 spiro atoms. The summed E-state index contributed by atoms with van der Waals surface area (Å²) < 4.78 is 6.53. The molecule has 2 saturated heterocycles. The second-order valence-electron chi connectivity index (χ2n) is 7.13. The van der Waals surface area contributed by atoms with Gasteiger partial charge in [0, 0.05) is 56.0 Å². The van der Waals surface area contributed by atoms with E-state index in [1.54, 1.807) is 11.0 Å². The smallest absolute Gasteiger partial charge is 0.267 e. The number of halogens is 1. The lowest BCUT2D eigenvalue weighted by Crippen LogP contribution is -2.47. The number of carbonyl (C=O) groups is 1. The van der Waals surface area contributed by atoms with Crippen molar-refractivity contribution in [3.63, 3.8) is 0 Å². The molecule has 0 bridgehead atoms. The summed E-state index contributed by atoms with van der Waals surface area (Å²) in [5.74, 6) is 0.607. The molecule has 2 fully saturated rings. The predicted molar refractivity (Wildman–Crippen MR) is 112 cm³/mol. The number of morpholine rings is 1. The predicted octanol–water partition coefficient (Wildman–Crippen LogP) is 1.08. The van der Waals surface area contributed by atoms with E-state index in [1.807, 2.05) is 18.2 Å². The molecule has 0 saturated carbocycles. The zero-order valence-corrected chi connectivity index (χ0v) is 16.9. The minimum atomic E-state index is -0.270. The largest absolute Gasteiger partial charge is 0.378 e. The first-order valence-electron chi connectivity index (χ1n) is 9.79. The quantitative estimate of drug-likeness (QED) is 0.741. The molecule has 1 aromatic heterocycles. The number of ether oxygens (including phenoxy) is 1. The van der Waals surface area contributed by atoms with Gasteiger partial charge in [-0.05, 0) is 24.3 Å². The average molecular weight is 418 g/mol. The Morgan fingerprint density at radius 3 is 2.45 bits per heavy atom. The van der Waals surface area contributed by atoms with Crippen molar-refractivity contribution in [2.75, 3.05) is 62.3 Å². The first-order valence-corrected chi connectivity index (χ1v) is 10.2. The van der Waals surface area contributed by atoms with E-state index in [9.17, 15) is 9.59 Å². The van der Waals surface area contributed by atoms with E-state index in [4.69, 9.17) is 16.3 Å². The van der Waals surface area contributed by atoms with Crippen LogP contribution in [0.3, 0.4) is 0 Å². The maximum absolute atomic E-state index is 12.5. The number of rotatable bonds is 4. The van der Waals surface area contributed by atoms with E-state index >= 15 is 0 Å². The average Bonchev–Trinajstić information content (AvgIpc) is 2.76. The molecule has 1 aromatic carbocycles. The molecular formula is C20H24ClN5O3. The summed E-state index contributed by atoms with van der Waals surface area (Å²) in [6.07, 6.45) is 0. The summed E-state index contributed by atoms with van der Waals surface area (Å²) in [6.45, 7) is 5.33. The SMILES string of the molecule is O=C(Cn1nc(N2CCN(c3cccc(Cl)c3)CC2)ccc1=O)N1CCOCC1. The maximum Gasteiger partial charge on any atom is 0.267 e. The lowest BCUT2D eigenvalue weighted by atomic mass is 10.2. The van der Waals surface area contributed by atoms with Crippen molar-refractivity contribution in [3.8, 4) is 0 Å². The molecule has 2 aromatic rings. The van der Waals surface area contributed by atoms with Gasteiger partial charge in [-0.15, -0.1) is 0 Å². The highest BCUT2D eigenvalue weighted by molar-refractivity contribution is 6.30. The number of amides is 1. The van der Waals surface area contributed by atoms with Crippen LogP contribution in [0.4, 0.5) is 11.5 Å². The highest BCUT2D eigenvalue weighted by Crippen LogP contribution is 2.22. The highest BCUT2D eigenvalue weighted by atomic mass is 35.5.